The molecule has 4 aromatic rings. The molecule has 0 spiro atoms. The van der Waals surface area contributed by atoms with Crippen molar-refractivity contribution in [2.75, 3.05) is 29.0 Å². The Balaban J connectivity index is 1.26. The SMILES string of the molecule is NC(=O)[C@H]1CC[C@@H](n2c(Nc3c(F)cc(F)cc3F)nc3cnc(N[C@@H]4CCCN(C(=O)Nc5ccccc5)C4)nc32)CC1. The maximum Gasteiger partial charge on any atom is 0.321 e. The minimum absolute atomic E-state index is 0.111. The molecule has 44 heavy (non-hydrogen) atoms. The molecule has 1 saturated carbocycles. The van der Waals surface area contributed by atoms with Crippen LogP contribution in [0.1, 0.15) is 44.6 Å². The number of nitrogens with two attached hydrogens (primary N) is 1. The zero-order chi connectivity index (χ0) is 30.8. The number of hydrogen-bond acceptors (Lipinski definition) is 7. The summed E-state index contributed by atoms with van der Waals surface area (Å²) in [5.74, 6) is -3.45. The number of nitrogens with one attached hydrogen (secondary N) is 3. The average Bonchev–Trinajstić information content (AvgIpc) is 3.37. The first-order chi connectivity index (χ1) is 21.2. The van der Waals surface area contributed by atoms with Gasteiger partial charge in [0.1, 0.15) is 17.0 Å². The number of hydrogen-bond donors (Lipinski definition) is 4. The molecule has 3 heterocycles. The van der Waals surface area contributed by atoms with Gasteiger partial charge in [-0.1, -0.05) is 18.2 Å². The molecule has 6 rings (SSSR count). The fraction of sp³-hybridized carbons (Fsp3) is 0.367. The second-order valence-electron chi connectivity index (χ2n) is 11.2. The first kappa shape index (κ1) is 29.2. The van der Waals surface area contributed by atoms with Crippen LogP contribution in [0.2, 0.25) is 0 Å². The maximum atomic E-state index is 14.6. The van der Waals surface area contributed by atoms with Crippen molar-refractivity contribution in [2.45, 2.75) is 50.6 Å². The van der Waals surface area contributed by atoms with Gasteiger partial charge in [0, 0.05) is 48.9 Å². The Bertz CT molecular complexity index is 1650. The normalized spacial score (nSPS) is 20.3. The van der Waals surface area contributed by atoms with E-state index in [2.05, 4.69) is 25.9 Å². The third-order valence-electron chi connectivity index (χ3n) is 8.21. The van der Waals surface area contributed by atoms with Gasteiger partial charge in [-0.25, -0.2) is 27.9 Å². The van der Waals surface area contributed by atoms with Crippen molar-refractivity contribution >= 4 is 46.4 Å². The second kappa shape index (κ2) is 12.4. The summed E-state index contributed by atoms with van der Waals surface area (Å²) in [6.07, 6.45) is 5.29. The number of fused-ring (bicyclic) bond motifs is 1. The molecule has 0 bridgehead atoms. The molecule has 2 aliphatic rings. The number of benzene rings is 2. The quantitative estimate of drug-likeness (QED) is 0.223. The predicted octanol–water partition coefficient (Wildman–Crippen LogP) is 5.31. The fourth-order valence-corrected chi connectivity index (χ4v) is 5.97. The van der Waals surface area contributed by atoms with Gasteiger partial charge in [0.2, 0.25) is 17.8 Å². The molecule has 2 aromatic carbocycles. The topological polar surface area (TPSA) is 143 Å². The van der Waals surface area contributed by atoms with Crippen molar-refractivity contribution < 1.29 is 22.8 Å². The van der Waals surface area contributed by atoms with Crippen LogP contribution >= 0.6 is 0 Å². The zero-order valence-electron chi connectivity index (χ0n) is 23.8. The molecule has 1 atom stereocenters. The van der Waals surface area contributed by atoms with Crippen LogP contribution in [0.5, 0.6) is 0 Å². The number of para-hydroxylation sites is 1. The van der Waals surface area contributed by atoms with Crippen molar-refractivity contribution in [3.8, 4) is 0 Å². The smallest absolute Gasteiger partial charge is 0.321 e. The highest BCUT2D eigenvalue weighted by Crippen LogP contribution is 2.37. The molecule has 2 fully saturated rings. The Labute approximate surface area is 251 Å². The Kier molecular flexibility index (Phi) is 8.22. The summed E-state index contributed by atoms with van der Waals surface area (Å²) in [5.41, 5.74) is 6.50. The van der Waals surface area contributed by atoms with Crippen molar-refractivity contribution in [3.63, 3.8) is 0 Å². The number of aromatic nitrogens is 4. The number of imidazole rings is 1. The van der Waals surface area contributed by atoms with Crippen LogP contribution in [0.15, 0.2) is 48.7 Å². The van der Waals surface area contributed by atoms with Gasteiger partial charge in [0.05, 0.1) is 6.20 Å². The molecule has 1 saturated heterocycles. The molecule has 1 aliphatic heterocycles. The van der Waals surface area contributed by atoms with Gasteiger partial charge in [0.15, 0.2) is 17.3 Å². The predicted molar refractivity (Wildman–Crippen MR) is 159 cm³/mol. The summed E-state index contributed by atoms with van der Waals surface area (Å²) in [6, 6.07) is 9.89. The van der Waals surface area contributed by atoms with Crippen LogP contribution in [-0.4, -0.2) is 55.5 Å². The number of urea groups is 1. The van der Waals surface area contributed by atoms with Crippen LogP contribution in [0, 0.1) is 23.4 Å². The van der Waals surface area contributed by atoms with E-state index in [4.69, 9.17) is 10.7 Å². The summed E-state index contributed by atoms with van der Waals surface area (Å²) < 4.78 is 44.5. The lowest BCUT2D eigenvalue weighted by Crippen LogP contribution is -2.47. The minimum atomic E-state index is -1.11. The number of anilines is 4. The van der Waals surface area contributed by atoms with E-state index in [1.165, 1.54) is 6.20 Å². The van der Waals surface area contributed by atoms with Crippen molar-refractivity contribution in [1.82, 2.24) is 24.4 Å². The molecule has 230 valence electrons. The van der Waals surface area contributed by atoms with E-state index in [0.29, 0.717) is 73.7 Å². The van der Waals surface area contributed by atoms with Crippen molar-refractivity contribution in [3.05, 3.63) is 66.1 Å². The van der Waals surface area contributed by atoms with E-state index < -0.39 is 23.1 Å². The molecule has 14 heteroatoms. The van der Waals surface area contributed by atoms with Crippen molar-refractivity contribution in [1.29, 1.82) is 0 Å². The Morgan fingerprint density at radius 1 is 0.955 bits per heavy atom. The lowest BCUT2D eigenvalue weighted by Gasteiger charge is -2.33. The molecular formula is C30H32F3N9O2. The van der Waals surface area contributed by atoms with E-state index in [1.807, 2.05) is 30.3 Å². The van der Waals surface area contributed by atoms with E-state index in [-0.39, 0.29) is 35.9 Å². The Hall–Kier alpha value is -4.88. The number of nitrogens with zero attached hydrogens (tertiary/aromatic N) is 5. The molecule has 11 nitrogen and oxygen atoms in total. The number of likely N-dealkylation sites (tertiary alicyclic amines) is 1. The highest BCUT2D eigenvalue weighted by Gasteiger charge is 2.30. The number of piperidine rings is 1. The van der Waals surface area contributed by atoms with Crippen LogP contribution in [0.3, 0.4) is 0 Å². The van der Waals surface area contributed by atoms with Crippen molar-refractivity contribution in [2.24, 2.45) is 11.7 Å². The number of carbonyl (C=O) groups excluding carboxylic acids is 2. The van der Waals surface area contributed by atoms with E-state index in [9.17, 15) is 22.8 Å². The number of carbonyl (C=O) groups is 2. The third kappa shape index (κ3) is 6.24. The average molecular weight is 608 g/mol. The number of halogens is 3. The summed E-state index contributed by atoms with van der Waals surface area (Å²) in [4.78, 5) is 40.1. The van der Waals surface area contributed by atoms with Gasteiger partial charge < -0.3 is 26.6 Å². The zero-order valence-corrected chi connectivity index (χ0v) is 23.8. The van der Waals surface area contributed by atoms with E-state index >= 15 is 0 Å². The molecule has 3 amide bonds. The van der Waals surface area contributed by atoms with Gasteiger partial charge in [-0.2, -0.15) is 4.98 Å². The molecule has 0 radical (unpaired) electrons. The summed E-state index contributed by atoms with van der Waals surface area (Å²) >= 11 is 0. The van der Waals surface area contributed by atoms with Gasteiger partial charge in [-0.05, 0) is 50.7 Å². The minimum Gasteiger partial charge on any atom is -0.369 e. The van der Waals surface area contributed by atoms with E-state index in [1.54, 1.807) is 9.47 Å². The lowest BCUT2D eigenvalue weighted by molar-refractivity contribution is -0.122. The third-order valence-corrected chi connectivity index (χ3v) is 8.21. The molecule has 1 aliphatic carbocycles. The highest BCUT2D eigenvalue weighted by molar-refractivity contribution is 5.89. The first-order valence-corrected chi connectivity index (χ1v) is 14.6. The lowest BCUT2D eigenvalue weighted by atomic mass is 9.85. The molecule has 5 N–H and O–H groups in total. The van der Waals surface area contributed by atoms with Gasteiger partial charge in [-0.15, -0.1) is 0 Å². The number of primary amides is 1. The number of amides is 3. The Morgan fingerprint density at radius 2 is 1.68 bits per heavy atom. The Morgan fingerprint density at radius 3 is 2.39 bits per heavy atom. The van der Waals surface area contributed by atoms with Crippen LogP contribution in [-0.2, 0) is 4.79 Å². The van der Waals surface area contributed by atoms with Gasteiger partial charge in [0.25, 0.3) is 0 Å². The van der Waals surface area contributed by atoms with Gasteiger partial charge >= 0.3 is 6.03 Å². The van der Waals surface area contributed by atoms with Gasteiger partial charge in [-0.3, -0.25) is 9.36 Å². The maximum absolute atomic E-state index is 14.6. The van der Waals surface area contributed by atoms with Crippen LogP contribution in [0.4, 0.5) is 41.2 Å². The largest absolute Gasteiger partial charge is 0.369 e. The van der Waals surface area contributed by atoms with Crippen LogP contribution in [0.25, 0.3) is 11.2 Å². The standard InChI is InChI=1S/C30H32F3N9O2/c31-18-13-22(32)25(23(33)14-18)39-29-38-24-15-35-28(40-27(24)42(29)21-10-8-17(9-11-21)26(34)43)36-20-7-4-12-41(16-20)30(44)37-19-5-2-1-3-6-19/h1-3,5-6,13-15,17,20-21H,4,7-12,16H2,(H2,34,43)(H,37,44)(H,38,39)(H,35,36,40)/t17-,20-,21+/m1/s1. The number of rotatable bonds is 7. The van der Waals surface area contributed by atoms with Crippen LogP contribution < -0.4 is 21.7 Å². The first-order valence-electron chi connectivity index (χ1n) is 14.6. The molecule has 2 aromatic heterocycles. The fourth-order valence-electron chi connectivity index (χ4n) is 5.97. The summed E-state index contributed by atoms with van der Waals surface area (Å²) in [5, 5.41) is 8.94. The highest BCUT2D eigenvalue weighted by atomic mass is 19.1. The summed E-state index contributed by atoms with van der Waals surface area (Å²) in [6.45, 7) is 1.05. The van der Waals surface area contributed by atoms with E-state index in [0.717, 1.165) is 12.8 Å². The monoisotopic (exact) mass is 607 g/mol. The summed E-state index contributed by atoms with van der Waals surface area (Å²) in [7, 11) is 0. The second-order valence-corrected chi connectivity index (χ2v) is 11.2. The molecule has 0 unspecified atom stereocenters. The molecular weight excluding hydrogens is 575 g/mol.